The maximum absolute atomic E-state index is 5.90. The lowest BCUT2D eigenvalue weighted by Gasteiger charge is -2.26. The standard InChI is InChI=1S/C14H17BrN2OS/c1-2-18-13(10-6-4-3-5-7-10)12(17-16)14-11(15)8-9-19-14/h3-9,12-13,17H,2,16H2,1H3. The van der Waals surface area contributed by atoms with Crippen LogP contribution >= 0.6 is 27.3 Å². The van der Waals surface area contributed by atoms with E-state index in [1.165, 1.54) is 0 Å². The predicted molar refractivity (Wildman–Crippen MR) is 82.9 cm³/mol. The summed E-state index contributed by atoms with van der Waals surface area (Å²) in [6, 6.07) is 12.1. The van der Waals surface area contributed by atoms with E-state index in [0.29, 0.717) is 6.61 Å². The van der Waals surface area contributed by atoms with Crippen LogP contribution < -0.4 is 11.3 Å². The van der Waals surface area contributed by atoms with Crippen LogP contribution in [0.3, 0.4) is 0 Å². The Morgan fingerprint density at radius 3 is 2.58 bits per heavy atom. The molecule has 0 radical (unpaired) electrons. The Morgan fingerprint density at radius 1 is 1.32 bits per heavy atom. The van der Waals surface area contributed by atoms with Crippen molar-refractivity contribution in [3.05, 3.63) is 56.7 Å². The van der Waals surface area contributed by atoms with E-state index in [2.05, 4.69) is 33.5 Å². The molecule has 2 unspecified atom stereocenters. The first-order chi connectivity index (χ1) is 9.27. The van der Waals surface area contributed by atoms with Crippen molar-refractivity contribution >= 4 is 27.3 Å². The molecule has 0 spiro atoms. The number of halogens is 1. The molecular formula is C14H17BrN2OS. The molecule has 1 aromatic heterocycles. The summed E-state index contributed by atoms with van der Waals surface area (Å²) in [5, 5.41) is 2.04. The molecule has 0 aliphatic rings. The summed E-state index contributed by atoms with van der Waals surface area (Å²) in [6.45, 7) is 2.63. The summed E-state index contributed by atoms with van der Waals surface area (Å²) in [5.41, 5.74) is 4.00. The maximum atomic E-state index is 5.90. The summed E-state index contributed by atoms with van der Waals surface area (Å²) in [7, 11) is 0. The topological polar surface area (TPSA) is 47.3 Å². The van der Waals surface area contributed by atoms with E-state index in [4.69, 9.17) is 10.6 Å². The minimum absolute atomic E-state index is 0.0725. The number of nitrogens with two attached hydrogens (primary N) is 1. The maximum Gasteiger partial charge on any atom is 0.104 e. The molecule has 1 aromatic carbocycles. The molecule has 19 heavy (non-hydrogen) atoms. The van der Waals surface area contributed by atoms with Crippen LogP contribution in [0.5, 0.6) is 0 Å². The zero-order chi connectivity index (χ0) is 13.7. The SMILES string of the molecule is CCOC(c1ccccc1)C(NN)c1sccc1Br. The summed E-state index contributed by atoms with van der Waals surface area (Å²) in [6.07, 6.45) is -0.105. The summed E-state index contributed by atoms with van der Waals surface area (Å²) in [5.74, 6) is 5.76. The van der Waals surface area contributed by atoms with Crippen LogP contribution in [0.1, 0.15) is 29.5 Å². The number of hydrogen-bond acceptors (Lipinski definition) is 4. The number of ether oxygens (including phenoxy) is 1. The highest BCUT2D eigenvalue weighted by atomic mass is 79.9. The van der Waals surface area contributed by atoms with Gasteiger partial charge in [-0.25, -0.2) is 5.43 Å². The first-order valence-corrected chi connectivity index (χ1v) is 7.80. The Labute approximate surface area is 125 Å². The van der Waals surface area contributed by atoms with Gasteiger partial charge in [-0.1, -0.05) is 30.3 Å². The quantitative estimate of drug-likeness (QED) is 0.621. The van der Waals surface area contributed by atoms with E-state index in [-0.39, 0.29) is 12.1 Å². The van der Waals surface area contributed by atoms with Crippen molar-refractivity contribution < 1.29 is 4.74 Å². The molecule has 0 aliphatic carbocycles. The first-order valence-electron chi connectivity index (χ1n) is 6.13. The molecule has 2 aromatic rings. The third-order valence-corrected chi connectivity index (χ3v) is 4.84. The highest BCUT2D eigenvalue weighted by molar-refractivity contribution is 9.10. The molecule has 0 saturated carbocycles. The Hall–Kier alpha value is -0.720. The molecule has 102 valence electrons. The lowest BCUT2D eigenvalue weighted by molar-refractivity contribution is 0.0334. The summed E-state index contributed by atoms with van der Waals surface area (Å²) >= 11 is 5.22. The van der Waals surface area contributed by atoms with Gasteiger partial charge < -0.3 is 4.74 Å². The summed E-state index contributed by atoms with van der Waals surface area (Å²) in [4.78, 5) is 1.14. The molecular weight excluding hydrogens is 324 g/mol. The highest BCUT2D eigenvalue weighted by Crippen LogP contribution is 2.38. The van der Waals surface area contributed by atoms with Gasteiger partial charge in [0.2, 0.25) is 0 Å². The van der Waals surface area contributed by atoms with Gasteiger partial charge in [0.05, 0.1) is 6.04 Å². The van der Waals surface area contributed by atoms with Crippen LogP contribution in [0, 0.1) is 0 Å². The Kier molecular flexibility index (Phi) is 5.54. The minimum atomic E-state index is -0.105. The molecule has 0 amide bonds. The molecule has 0 fully saturated rings. The van der Waals surface area contributed by atoms with Crippen molar-refractivity contribution in [3.8, 4) is 0 Å². The molecule has 3 nitrogen and oxygen atoms in total. The number of hydrazine groups is 1. The predicted octanol–water partition coefficient (Wildman–Crippen LogP) is 3.79. The van der Waals surface area contributed by atoms with E-state index in [1.54, 1.807) is 11.3 Å². The number of thiophene rings is 1. The van der Waals surface area contributed by atoms with Gasteiger partial charge in [0.15, 0.2) is 0 Å². The average molecular weight is 341 g/mol. The Balaban J connectivity index is 2.34. The molecule has 3 N–H and O–H groups in total. The van der Waals surface area contributed by atoms with Gasteiger partial charge in [0.25, 0.3) is 0 Å². The largest absolute Gasteiger partial charge is 0.372 e. The van der Waals surface area contributed by atoms with E-state index in [1.807, 2.05) is 36.6 Å². The van der Waals surface area contributed by atoms with Crippen molar-refractivity contribution in [1.29, 1.82) is 0 Å². The lowest BCUT2D eigenvalue weighted by atomic mass is 10.0. The van der Waals surface area contributed by atoms with Gasteiger partial charge in [0.1, 0.15) is 6.10 Å². The third-order valence-electron chi connectivity index (χ3n) is 2.88. The first kappa shape index (κ1) is 14.7. The third kappa shape index (κ3) is 3.43. The molecule has 0 bridgehead atoms. The highest BCUT2D eigenvalue weighted by Gasteiger charge is 2.26. The van der Waals surface area contributed by atoms with E-state index in [0.717, 1.165) is 14.9 Å². The molecule has 0 aliphatic heterocycles. The molecule has 1 heterocycles. The average Bonchev–Trinajstić information content (AvgIpc) is 2.86. The van der Waals surface area contributed by atoms with Gasteiger partial charge in [0, 0.05) is 16.0 Å². The minimum Gasteiger partial charge on any atom is -0.372 e. The summed E-state index contributed by atoms with van der Waals surface area (Å²) < 4.78 is 6.96. The molecule has 0 saturated heterocycles. The van der Waals surface area contributed by atoms with Gasteiger partial charge in [-0.15, -0.1) is 11.3 Å². The molecule has 2 atom stereocenters. The second kappa shape index (κ2) is 7.17. The van der Waals surface area contributed by atoms with Crippen LogP contribution in [0.4, 0.5) is 0 Å². The fraction of sp³-hybridized carbons (Fsp3) is 0.286. The van der Waals surface area contributed by atoms with Crippen LogP contribution in [0.25, 0.3) is 0 Å². The monoisotopic (exact) mass is 340 g/mol. The second-order valence-electron chi connectivity index (χ2n) is 4.06. The smallest absolute Gasteiger partial charge is 0.104 e. The fourth-order valence-corrected chi connectivity index (χ4v) is 3.74. The van der Waals surface area contributed by atoms with Crippen molar-refractivity contribution in [3.63, 3.8) is 0 Å². The second-order valence-corrected chi connectivity index (χ2v) is 5.87. The number of nitrogens with one attached hydrogen (secondary N) is 1. The molecule has 2 rings (SSSR count). The normalized spacial score (nSPS) is 14.3. The zero-order valence-corrected chi connectivity index (χ0v) is 13.1. The van der Waals surface area contributed by atoms with Gasteiger partial charge in [-0.05, 0) is 39.9 Å². The van der Waals surface area contributed by atoms with Crippen LogP contribution in [0.2, 0.25) is 0 Å². The van der Waals surface area contributed by atoms with Gasteiger partial charge in [-0.2, -0.15) is 0 Å². The van der Waals surface area contributed by atoms with E-state index >= 15 is 0 Å². The van der Waals surface area contributed by atoms with Gasteiger partial charge in [-0.3, -0.25) is 5.84 Å². The number of benzene rings is 1. The van der Waals surface area contributed by atoms with Crippen molar-refractivity contribution in [2.24, 2.45) is 5.84 Å². The molecule has 5 heteroatoms. The van der Waals surface area contributed by atoms with Crippen molar-refractivity contribution in [2.45, 2.75) is 19.1 Å². The number of rotatable bonds is 6. The van der Waals surface area contributed by atoms with Crippen molar-refractivity contribution in [2.75, 3.05) is 6.61 Å². The van der Waals surface area contributed by atoms with Crippen LogP contribution in [0.15, 0.2) is 46.3 Å². The Morgan fingerprint density at radius 2 is 2.05 bits per heavy atom. The number of hydrogen-bond donors (Lipinski definition) is 2. The van der Waals surface area contributed by atoms with Gasteiger partial charge >= 0.3 is 0 Å². The van der Waals surface area contributed by atoms with E-state index < -0.39 is 0 Å². The lowest BCUT2D eigenvalue weighted by Crippen LogP contribution is -2.33. The van der Waals surface area contributed by atoms with Crippen LogP contribution in [-0.4, -0.2) is 6.61 Å². The Bertz CT molecular complexity index is 503. The van der Waals surface area contributed by atoms with E-state index in [9.17, 15) is 0 Å². The fourth-order valence-electron chi connectivity index (χ4n) is 2.04. The van der Waals surface area contributed by atoms with Crippen molar-refractivity contribution in [1.82, 2.24) is 5.43 Å². The zero-order valence-electron chi connectivity index (χ0n) is 10.7. The van der Waals surface area contributed by atoms with Crippen LogP contribution in [-0.2, 0) is 4.74 Å².